The van der Waals surface area contributed by atoms with E-state index < -0.39 is 0 Å². The third-order valence-corrected chi connectivity index (χ3v) is 2.26. The van der Waals surface area contributed by atoms with Gasteiger partial charge in [0.2, 0.25) is 0 Å². The van der Waals surface area contributed by atoms with Gasteiger partial charge in [-0.2, -0.15) is 5.26 Å². The van der Waals surface area contributed by atoms with Crippen molar-refractivity contribution in [3.05, 3.63) is 42.1 Å². The molecule has 0 aliphatic carbocycles. The van der Waals surface area contributed by atoms with E-state index in [1.54, 1.807) is 0 Å². The molecule has 0 bridgehead atoms. The van der Waals surface area contributed by atoms with E-state index in [2.05, 4.69) is 11.1 Å². The van der Waals surface area contributed by atoms with Crippen LogP contribution in [0.5, 0.6) is 0 Å². The summed E-state index contributed by atoms with van der Waals surface area (Å²) in [6.07, 6.45) is 0. The molecule has 2 nitrogen and oxygen atoms in total. The van der Waals surface area contributed by atoms with Gasteiger partial charge < -0.3 is 0 Å². The van der Waals surface area contributed by atoms with Gasteiger partial charge in [0.25, 0.3) is 0 Å². The quantitative estimate of drug-likeness (QED) is 0.680. The molecule has 0 saturated carbocycles. The Bertz CT molecular complexity index is 497. The van der Waals surface area contributed by atoms with Gasteiger partial charge in [-0.15, -0.1) is 0 Å². The number of para-hydroxylation sites is 1. The normalized spacial score (nSPS) is 12.3. The summed E-state index contributed by atoms with van der Waals surface area (Å²) in [6, 6.07) is 14.0. The Morgan fingerprint density at radius 2 is 2.00 bits per heavy atom. The molecule has 1 heterocycles. The monoisotopic (exact) mass is 182 g/mol. The van der Waals surface area contributed by atoms with Crippen molar-refractivity contribution in [1.82, 2.24) is 4.98 Å². The van der Waals surface area contributed by atoms with Gasteiger partial charge in [0, 0.05) is 5.39 Å². The fourth-order valence-electron chi connectivity index (χ4n) is 1.39. The molecule has 1 unspecified atom stereocenters. The number of fused-ring (bicyclic) bond motifs is 1. The van der Waals surface area contributed by atoms with Crippen LogP contribution in [0, 0.1) is 11.3 Å². The fourth-order valence-corrected chi connectivity index (χ4v) is 1.39. The van der Waals surface area contributed by atoms with Gasteiger partial charge in [-0.1, -0.05) is 24.3 Å². The average Bonchev–Trinajstić information content (AvgIpc) is 2.27. The van der Waals surface area contributed by atoms with E-state index in [0.29, 0.717) is 0 Å². The number of hydrogen-bond donors (Lipinski definition) is 0. The number of nitriles is 1. The summed E-state index contributed by atoms with van der Waals surface area (Å²) in [5.41, 5.74) is 1.79. The maximum absolute atomic E-state index is 8.77. The van der Waals surface area contributed by atoms with Crippen LogP contribution in [0.2, 0.25) is 0 Å². The lowest BCUT2D eigenvalue weighted by Gasteiger charge is -2.03. The molecule has 2 aromatic rings. The van der Waals surface area contributed by atoms with Gasteiger partial charge in [-0.3, -0.25) is 4.98 Å². The molecule has 0 saturated heterocycles. The average molecular weight is 182 g/mol. The predicted octanol–water partition coefficient (Wildman–Crippen LogP) is 2.86. The van der Waals surface area contributed by atoms with Crippen molar-refractivity contribution in [2.24, 2.45) is 0 Å². The second-order valence-corrected chi connectivity index (χ2v) is 3.28. The third kappa shape index (κ3) is 1.45. The molecule has 2 heteroatoms. The molecular formula is C12H10N2. The molecule has 0 amide bonds. The van der Waals surface area contributed by atoms with Crippen molar-refractivity contribution in [3.63, 3.8) is 0 Å². The van der Waals surface area contributed by atoms with Crippen LogP contribution in [0.25, 0.3) is 10.9 Å². The van der Waals surface area contributed by atoms with Crippen molar-refractivity contribution in [1.29, 1.82) is 5.26 Å². The molecule has 0 aliphatic rings. The fraction of sp³-hybridized carbons (Fsp3) is 0.167. The number of rotatable bonds is 1. The van der Waals surface area contributed by atoms with Crippen LogP contribution in [0.1, 0.15) is 18.5 Å². The first-order valence-corrected chi connectivity index (χ1v) is 4.56. The zero-order valence-corrected chi connectivity index (χ0v) is 7.94. The van der Waals surface area contributed by atoms with Crippen molar-refractivity contribution >= 4 is 10.9 Å². The van der Waals surface area contributed by atoms with Crippen LogP contribution in [0.3, 0.4) is 0 Å². The minimum Gasteiger partial charge on any atom is -0.251 e. The second-order valence-electron chi connectivity index (χ2n) is 3.28. The van der Waals surface area contributed by atoms with Gasteiger partial charge in [0.05, 0.1) is 23.2 Å². The van der Waals surface area contributed by atoms with Crippen LogP contribution in [0.15, 0.2) is 36.4 Å². The molecule has 1 atom stereocenters. The van der Waals surface area contributed by atoms with Crippen LogP contribution in [-0.2, 0) is 0 Å². The lowest BCUT2D eigenvalue weighted by molar-refractivity contribution is 0.931. The Balaban J connectivity index is 2.58. The van der Waals surface area contributed by atoms with E-state index in [9.17, 15) is 0 Å². The lowest BCUT2D eigenvalue weighted by Crippen LogP contribution is -1.93. The zero-order valence-electron chi connectivity index (χ0n) is 7.94. The number of benzene rings is 1. The van der Waals surface area contributed by atoms with Crippen molar-refractivity contribution in [2.75, 3.05) is 0 Å². The molecule has 2 rings (SSSR count). The maximum Gasteiger partial charge on any atom is 0.0856 e. The lowest BCUT2D eigenvalue weighted by atomic mass is 10.1. The minimum atomic E-state index is -0.139. The second kappa shape index (κ2) is 3.47. The minimum absolute atomic E-state index is 0.139. The Morgan fingerprint density at radius 1 is 1.21 bits per heavy atom. The first-order chi connectivity index (χ1) is 6.81. The van der Waals surface area contributed by atoms with Gasteiger partial charge >= 0.3 is 0 Å². The van der Waals surface area contributed by atoms with Crippen molar-refractivity contribution < 1.29 is 0 Å². The highest BCUT2D eigenvalue weighted by Crippen LogP contribution is 2.16. The van der Waals surface area contributed by atoms with Gasteiger partial charge in [-0.25, -0.2) is 0 Å². The molecule has 0 aliphatic heterocycles. The third-order valence-electron chi connectivity index (χ3n) is 2.26. The zero-order chi connectivity index (χ0) is 9.97. The molecule has 0 spiro atoms. The Morgan fingerprint density at radius 3 is 2.79 bits per heavy atom. The van der Waals surface area contributed by atoms with E-state index in [1.807, 2.05) is 43.3 Å². The van der Waals surface area contributed by atoms with E-state index in [-0.39, 0.29) is 5.92 Å². The Kier molecular flexibility index (Phi) is 2.16. The number of pyridine rings is 1. The van der Waals surface area contributed by atoms with Gasteiger partial charge in [-0.05, 0) is 19.1 Å². The molecule has 14 heavy (non-hydrogen) atoms. The molecule has 1 aromatic heterocycles. The SMILES string of the molecule is CC(C#N)c1ccc2ccccc2n1. The summed E-state index contributed by atoms with van der Waals surface area (Å²) < 4.78 is 0. The number of nitrogens with zero attached hydrogens (tertiary/aromatic N) is 2. The molecular weight excluding hydrogens is 172 g/mol. The van der Waals surface area contributed by atoms with E-state index in [4.69, 9.17) is 5.26 Å². The smallest absolute Gasteiger partial charge is 0.0856 e. The Hall–Kier alpha value is -1.88. The van der Waals surface area contributed by atoms with Crippen LogP contribution in [0.4, 0.5) is 0 Å². The molecule has 0 radical (unpaired) electrons. The van der Waals surface area contributed by atoms with Gasteiger partial charge in [0.15, 0.2) is 0 Å². The van der Waals surface area contributed by atoms with Crippen LogP contribution < -0.4 is 0 Å². The van der Waals surface area contributed by atoms with Crippen LogP contribution in [-0.4, -0.2) is 4.98 Å². The topological polar surface area (TPSA) is 36.7 Å². The van der Waals surface area contributed by atoms with Crippen molar-refractivity contribution in [2.45, 2.75) is 12.8 Å². The molecule has 0 fully saturated rings. The number of aromatic nitrogens is 1. The highest BCUT2D eigenvalue weighted by Gasteiger charge is 2.05. The summed E-state index contributed by atoms with van der Waals surface area (Å²) >= 11 is 0. The van der Waals surface area contributed by atoms with Gasteiger partial charge in [0.1, 0.15) is 0 Å². The largest absolute Gasteiger partial charge is 0.251 e. The highest BCUT2D eigenvalue weighted by atomic mass is 14.7. The highest BCUT2D eigenvalue weighted by molar-refractivity contribution is 5.78. The summed E-state index contributed by atoms with van der Waals surface area (Å²) in [5, 5.41) is 9.88. The van der Waals surface area contributed by atoms with Crippen LogP contribution >= 0.6 is 0 Å². The molecule has 68 valence electrons. The van der Waals surface area contributed by atoms with E-state index >= 15 is 0 Å². The van der Waals surface area contributed by atoms with E-state index in [1.165, 1.54) is 0 Å². The van der Waals surface area contributed by atoms with E-state index in [0.717, 1.165) is 16.6 Å². The molecule has 1 aromatic carbocycles. The first kappa shape index (κ1) is 8.71. The first-order valence-electron chi connectivity index (χ1n) is 4.56. The predicted molar refractivity (Wildman–Crippen MR) is 55.8 cm³/mol. The Labute approximate surface area is 82.8 Å². The standard InChI is InChI=1S/C12H10N2/c1-9(8-13)11-7-6-10-4-2-3-5-12(10)14-11/h2-7,9H,1H3. The number of hydrogen-bond acceptors (Lipinski definition) is 2. The summed E-state index contributed by atoms with van der Waals surface area (Å²) in [6.45, 7) is 1.86. The summed E-state index contributed by atoms with van der Waals surface area (Å²) in [5.74, 6) is -0.139. The summed E-state index contributed by atoms with van der Waals surface area (Å²) in [7, 11) is 0. The van der Waals surface area contributed by atoms with Crippen molar-refractivity contribution in [3.8, 4) is 6.07 Å². The summed E-state index contributed by atoms with van der Waals surface area (Å²) in [4.78, 5) is 4.42. The maximum atomic E-state index is 8.77. The molecule has 0 N–H and O–H groups in total.